The number of aromatic nitrogens is 2. The average Bonchev–Trinajstić information content (AvgIpc) is 2.70. The molecule has 14 heavy (non-hydrogen) atoms. The molecular weight excluding hydrogens is 178 g/mol. The number of nitrogens with zero attached hydrogens (tertiary/aromatic N) is 2. The highest BCUT2D eigenvalue weighted by Crippen LogP contribution is 2.05. The summed E-state index contributed by atoms with van der Waals surface area (Å²) in [6.07, 6.45) is 1.65. The summed E-state index contributed by atoms with van der Waals surface area (Å²) in [6.45, 7) is 2.54. The molecule has 2 aromatic rings. The molecule has 4 nitrogen and oxygen atoms in total. The fraction of sp³-hybridized carbons (Fsp3) is 0.200. The van der Waals surface area contributed by atoms with Gasteiger partial charge in [0.05, 0.1) is 18.5 Å². The van der Waals surface area contributed by atoms with Gasteiger partial charge >= 0.3 is 0 Å². The Morgan fingerprint density at radius 1 is 1.29 bits per heavy atom. The van der Waals surface area contributed by atoms with E-state index < -0.39 is 0 Å². The molecule has 0 spiro atoms. The zero-order valence-corrected chi connectivity index (χ0v) is 7.90. The number of anilines is 1. The number of hydrogen-bond acceptors (Lipinski definition) is 4. The van der Waals surface area contributed by atoms with E-state index in [9.17, 15) is 0 Å². The number of hydrogen-bond donors (Lipinski definition) is 1. The van der Waals surface area contributed by atoms with Gasteiger partial charge in [0.2, 0.25) is 0 Å². The van der Waals surface area contributed by atoms with Crippen LogP contribution in [0.4, 0.5) is 5.82 Å². The molecule has 0 aliphatic heterocycles. The molecule has 4 heteroatoms. The van der Waals surface area contributed by atoms with Crippen molar-refractivity contribution in [1.29, 1.82) is 0 Å². The van der Waals surface area contributed by atoms with Crippen LogP contribution in [-0.2, 0) is 6.54 Å². The average molecular weight is 189 g/mol. The van der Waals surface area contributed by atoms with Crippen molar-refractivity contribution in [3.05, 3.63) is 42.0 Å². The van der Waals surface area contributed by atoms with E-state index in [0.29, 0.717) is 6.54 Å². The van der Waals surface area contributed by atoms with Crippen molar-refractivity contribution in [3.63, 3.8) is 0 Å². The van der Waals surface area contributed by atoms with Crippen molar-refractivity contribution >= 4 is 5.82 Å². The quantitative estimate of drug-likeness (QED) is 0.802. The molecule has 0 unspecified atom stereocenters. The van der Waals surface area contributed by atoms with Crippen molar-refractivity contribution in [2.45, 2.75) is 13.5 Å². The molecule has 0 aliphatic rings. The van der Waals surface area contributed by atoms with Crippen LogP contribution in [0.2, 0.25) is 0 Å². The lowest BCUT2D eigenvalue weighted by Crippen LogP contribution is -2.01. The van der Waals surface area contributed by atoms with E-state index in [0.717, 1.165) is 17.3 Å². The van der Waals surface area contributed by atoms with Gasteiger partial charge in [-0.2, -0.15) is 5.10 Å². The molecular formula is C10H11N3O. The molecule has 2 rings (SSSR count). The Kier molecular flexibility index (Phi) is 2.44. The van der Waals surface area contributed by atoms with Crippen LogP contribution in [0, 0.1) is 6.92 Å². The van der Waals surface area contributed by atoms with Crippen LogP contribution in [0.15, 0.2) is 34.9 Å². The monoisotopic (exact) mass is 189 g/mol. The van der Waals surface area contributed by atoms with Crippen molar-refractivity contribution in [2.24, 2.45) is 0 Å². The maximum Gasteiger partial charge on any atom is 0.149 e. The maximum absolute atomic E-state index is 5.17. The van der Waals surface area contributed by atoms with Gasteiger partial charge in [0, 0.05) is 0 Å². The molecule has 0 bridgehead atoms. The maximum atomic E-state index is 5.17. The molecule has 1 N–H and O–H groups in total. The van der Waals surface area contributed by atoms with Crippen LogP contribution < -0.4 is 5.32 Å². The number of furan rings is 1. The second kappa shape index (κ2) is 3.91. The normalized spacial score (nSPS) is 10.1. The Hall–Kier alpha value is -1.84. The predicted octanol–water partition coefficient (Wildman–Crippen LogP) is 1.99. The largest absolute Gasteiger partial charge is 0.467 e. The summed E-state index contributed by atoms with van der Waals surface area (Å²) >= 11 is 0. The molecule has 0 fully saturated rings. The third kappa shape index (κ3) is 2.10. The Bertz CT molecular complexity index is 380. The Morgan fingerprint density at radius 3 is 2.86 bits per heavy atom. The summed E-state index contributed by atoms with van der Waals surface area (Å²) in [5.74, 6) is 1.64. The Balaban J connectivity index is 1.95. The summed E-state index contributed by atoms with van der Waals surface area (Å²) in [7, 11) is 0. The van der Waals surface area contributed by atoms with E-state index >= 15 is 0 Å². The van der Waals surface area contributed by atoms with Crippen LogP contribution in [0.25, 0.3) is 0 Å². The van der Waals surface area contributed by atoms with Gasteiger partial charge in [-0.25, -0.2) is 0 Å². The van der Waals surface area contributed by atoms with Crippen LogP contribution in [-0.4, -0.2) is 10.2 Å². The first-order valence-corrected chi connectivity index (χ1v) is 4.41. The lowest BCUT2D eigenvalue weighted by Gasteiger charge is -2.01. The van der Waals surface area contributed by atoms with Gasteiger partial charge in [0.15, 0.2) is 0 Å². The number of aryl methyl sites for hydroxylation is 1. The molecule has 0 atom stereocenters. The smallest absolute Gasteiger partial charge is 0.149 e. The summed E-state index contributed by atoms with van der Waals surface area (Å²) in [6, 6.07) is 7.58. The topological polar surface area (TPSA) is 51.0 Å². The Labute approximate surface area is 82.0 Å². The van der Waals surface area contributed by atoms with Crippen LogP contribution >= 0.6 is 0 Å². The first kappa shape index (κ1) is 8.74. The summed E-state index contributed by atoms with van der Waals surface area (Å²) in [4.78, 5) is 0. The molecule has 0 saturated heterocycles. The van der Waals surface area contributed by atoms with E-state index in [1.165, 1.54) is 0 Å². The van der Waals surface area contributed by atoms with Gasteiger partial charge in [0.25, 0.3) is 0 Å². The first-order valence-electron chi connectivity index (χ1n) is 4.41. The fourth-order valence-corrected chi connectivity index (χ4v) is 1.08. The molecule has 0 radical (unpaired) electrons. The van der Waals surface area contributed by atoms with Gasteiger partial charge in [-0.05, 0) is 31.2 Å². The molecule has 0 amide bonds. The van der Waals surface area contributed by atoms with Crippen LogP contribution in [0.5, 0.6) is 0 Å². The second-order valence-electron chi connectivity index (χ2n) is 2.99. The SMILES string of the molecule is Cc1ccc(NCc2ccco2)nn1. The van der Waals surface area contributed by atoms with Crippen molar-refractivity contribution < 1.29 is 4.42 Å². The van der Waals surface area contributed by atoms with Crippen molar-refractivity contribution in [3.8, 4) is 0 Å². The third-order valence-corrected chi connectivity index (χ3v) is 1.82. The molecule has 0 aromatic carbocycles. The highest BCUT2D eigenvalue weighted by molar-refractivity contribution is 5.33. The van der Waals surface area contributed by atoms with E-state index in [1.807, 2.05) is 31.2 Å². The molecule has 2 aromatic heterocycles. The third-order valence-electron chi connectivity index (χ3n) is 1.82. The lowest BCUT2D eigenvalue weighted by atomic mass is 10.4. The minimum atomic E-state index is 0.630. The van der Waals surface area contributed by atoms with Crippen molar-refractivity contribution in [2.75, 3.05) is 5.32 Å². The van der Waals surface area contributed by atoms with Gasteiger partial charge in [0.1, 0.15) is 11.6 Å². The minimum Gasteiger partial charge on any atom is -0.467 e. The lowest BCUT2D eigenvalue weighted by molar-refractivity contribution is 0.517. The first-order chi connectivity index (χ1) is 6.84. The summed E-state index contributed by atoms with van der Waals surface area (Å²) in [5.41, 5.74) is 0.911. The Morgan fingerprint density at radius 2 is 2.21 bits per heavy atom. The summed E-state index contributed by atoms with van der Waals surface area (Å²) < 4.78 is 5.17. The zero-order chi connectivity index (χ0) is 9.80. The number of nitrogens with one attached hydrogen (secondary N) is 1. The number of rotatable bonds is 3. The molecule has 0 saturated carbocycles. The van der Waals surface area contributed by atoms with Gasteiger partial charge in [-0.15, -0.1) is 5.10 Å². The van der Waals surface area contributed by atoms with E-state index in [2.05, 4.69) is 15.5 Å². The van der Waals surface area contributed by atoms with Crippen molar-refractivity contribution in [1.82, 2.24) is 10.2 Å². The highest BCUT2D eigenvalue weighted by atomic mass is 16.3. The molecule has 2 heterocycles. The standard InChI is InChI=1S/C10H11N3O/c1-8-4-5-10(13-12-8)11-7-9-3-2-6-14-9/h2-6H,7H2,1H3,(H,11,13). The second-order valence-corrected chi connectivity index (χ2v) is 2.99. The van der Waals surface area contributed by atoms with Gasteiger partial charge < -0.3 is 9.73 Å². The van der Waals surface area contributed by atoms with E-state index in [-0.39, 0.29) is 0 Å². The van der Waals surface area contributed by atoms with Crippen LogP contribution in [0.1, 0.15) is 11.5 Å². The van der Waals surface area contributed by atoms with Gasteiger partial charge in [-0.3, -0.25) is 0 Å². The molecule has 72 valence electrons. The summed E-state index contributed by atoms with van der Waals surface area (Å²) in [5, 5.41) is 11.0. The highest BCUT2D eigenvalue weighted by Gasteiger charge is 1.96. The molecule has 0 aliphatic carbocycles. The minimum absolute atomic E-state index is 0.630. The zero-order valence-electron chi connectivity index (χ0n) is 7.90. The fourth-order valence-electron chi connectivity index (χ4n) is 1.08. The van der Waals surface area contributed by atoms with E-state index in [4.69, 9.17) is 4.42 Å². The van der Waals surface area contributed by atoms with Crippen LogP contribution in [0.3, 0.4) is 0 Å². The predicted molar refractivity (Wildman–Crippen MR) is 52.8 cm³/mol. The van der Waals surface area contributed by atoms with Gasteiger partial charge in [-0.1, -0.05) is 0 Å². The van der Waals surface area contributed by atoms with E-state index in [1.54, 1.807) is 6.26 Å².